The molecule has 0 atom stereocenters. The molecule has 5 nitrogen and oxygen atoms in total. The van der Waals surface area contributed by atoms with Crippen LogP contribution in [0.25, 0.3) is 5.82 Å². The van der Waals surface area contributed by atoms with Gasteiger partial charge in [-0.25, -0.2) is 4.98 Å². The van der Waals surface area contributed by atoms with Gasteiger partial charge in [0.2, 0.25) is 0 Å². The van der Waals surface area contributed by atoms with E-state index in [0.29, 0.717) is 11.9 Å². The fourth-order valence-electron chi connectivity index (χ4n) is 3.02. The normalized spacial score (nSPS) is 16.3. The van der Waals surface area contributed by atoms with E-state index in [0.717, 1.165) is 42.5 Å². The third-order valence-electron chi connectivity index (χ3n) is 4.43. The molecular weight excluding hydrogens is 369 g/mol. The monoisotopic (exact) mass is 386 g/mol. The minimum atomic E-state index is -4.49. The van der Waals surface area contributed by atoms with Gasteiger partial charge in [-0.2, -0.15) is 23.0 Å². The Morgan fingerprint density at radius 2 is 1.81 bits per heavy atom. The summed E-state index contributed by atoms with van der Waals surface area (Å²) in [6.07, 6.45) is 4.22. The number of halogens is 4. The third kappa shape index (κ3) is 4.17. The maximum Gasteiger partial charge on any atom is 0.417 e. The minimum Gasteiger partial charge on any atom is -0.380 e. The minimum absolute atomic E-state index is 0.0223. The van der Waals surface area contributed by atoms with Crippen molar-refractivity contribution in [2.75, 3.05) is 5.32 Å². The van der Waals surface area contributed by atoms with E-state index < -0.39 is 17.3 Å². The summed E-state index contributed by atoms with van der Waals surface area (Å²) in [5.74, 6) is -0.0223. The zero-order valence-electron chi connectivity index (χ0n) is 13.9. The first-order valence-electron chi connectivity index (χ1n) is 8.44. The van der Waals surface area contributed by atoms with Crippen LogP contribution in [-0.4, -0.2) is 20.8 Å². The van der Waals surface area contributed by atoms with Gasteiger partial charge in [0, 0.05) is 12.2 Å². The fourth-order valence-corrected chi connectivity index (χ4v) is 3.20. The average Bonchev–Trinajstić information content (AvgIpc) is 2.87. The molecule has 0 aliphatic heterocycles. The van der Waals surface area contributed by atoms with Crippen LogP contribution in [0, 0.1) is 0 Å². The molecule has 1 fully saturated rings. The van der Waals surface area contributed by atoms with E-state index in [1.807, 2.05) is 0 Å². The van der Waals surface area contributed by atoms with E-state index in [4.69, 9.17) is 11.6 Å². The lowest BCUT2D eigenvalue weighted by Gasteiger charge is -2.18. The molecule has 2 aromatic rings. The van der Waals surface area contributed by atoms with Crippen molar-refractivity contribution in [1.29, 1.82) is 0 Å². The van der Waals surface area contributed by atoms with Crippen molar-refractivity contribution in [3.63, 3.8) is 0 Å². The van der Waals surface area contributed by atoms with Crippen LogP contribution in [0.4, 0.5) is 18.9 Å². The van der Waals surface area contributed by atoms with Crippen LogP contribution in [0.2, 0.25) is 5.02 Å². The molecule has 0 spiro atoms. The van der Waals surface area contributed by atoms with E-state index >= 15 is 0 Å². The molecular formula is C17H18ClF3N4O. The predicted molar refractivity (Wildman–Crippen MR) is 92.8 cm³/mol. The highest BCUT2D eigenvalue weighted by atomic mass is 35.5. The molecule has 1 aliphatic carbocycles. The number of pyridine rings is 1. The molecule has 2 aromatic heterocycles. The van der Waals surface area contributed by atoms with Gasteiger partial charge >= 0.3 is 6.18 Å². The van der Waals surface area contributed by atoms with E-state index in [1.165, 1.54) is 19.0 Å². The highest BCUT2D eigenvalue weighted by Crippen LogP contribution is 2.29. The van der Waals surface area contributed by atoms with Crippen molar-refractivity contribution < 1.29 is 13.2 Å². The quantitative estimate of drug-likeness (QED) is 0.792. The second-order valence-electron chi connectivity index (χ2n) is 6.32. The van der Waals surface area contributed by atoms with Gasteiger partial charge in [0.1, 0.15) is 5.02 Å². The Morgan fingerprint density at radius 3 is 2.38 bits per heavy atom. The van der Waals surface area contributed by atoms with Crippen LogP contribution in [-0.2, 0) is 6.18 Å². The summed E-state index contributed by atoms with van der Waals surface area (Å²) in [6.45, 7) is 0. The second-order valence-corrected chi connectivity index (χ2v) is 6.70. The molecule has 26 heavy (non-hydrogen) atoms. The molecule has 0 aromatic carbocycles. The molecule has 9 heteroatoms. The maximum absolute atomic E-state index is 12.6. The first kappa shape index (κ1) is 18.7. The lowest BCUT2D eigenvalue weighted by Crippen LogP contribution is -2.26. The molecule has 0 radical (unpaired) electrons. The van der Waals surface area contributed by atoms with Gasteiger partial charge in [0.05, 0.1) is 17.4 Å². The summed E-state index contributed by atoms with van der Waals surface area (Å²) in [6, 6.07) is 2.17. The maximum atomic E-state index is 12.6. The Balaban J connectivity index is 1.84. The zero-order chi connectivity index (χ0) is 18.7. The number of hydrogen-bond acceptors (Lipinski definition) is 4. The summed E-state index contributed by atoms with van der Waals surface area (Å²) in [5, 5.41) is 7.21. The summed E-state index contributed by atoms with van der Waals surface area (Å²) in [4.78, 5) is 16.1. The standard InChI is InChI=1S/C17H18ClF3N4O/c18-15-13(24-12-5-3-1-2-4-6-12)10-23-25(16(15)26)14-8-7-11(9-22-14)17(19,20)21/h7-10,12,24H,1-6H2. The molecule has 0 saturated heterocycles. The number of nitrogens with zero attached hydrogens (tertiary/aromatic N) is 3. The van der Waals surface area contributed by atoms with Crippen LogP contribution in [0.1, 0.15) is 44.1 Å². The van der Waals surface area contributed by atoms with Crippen molar-refractivity contribution >= 4 is 17.3 Å². The van der Waals surface area contributed by atoms with E-state index in [1.54, 1.807) is 0 Å². The van der Waals surface area contributed by atoms with E-state index in [-0.39, 0.29) is 16.9 Å². The number of nitrogens with one attached hydrogen (secondary N) is 1. The van der Waals surface area contributed by atoms with Crippen LogP contribution in [0.15, 0.2) is 29.3 Å². The molecule has 1 aliphatic rings. The predicted octanol–water partition coefficient (Wildman–Crippen LogP) is 4.43. The van der Waals surface area contributed by atoms with Crippen LogP contribution in [0.3, 0.4) is 0 Å². The smallest absolute Gasteiger partial charge is 0.380 e. The Morgan fingerprint density at radius 1 is 1.12 bits per heavy atom. The first-order chi connectivity index (χ1) is 12.4. The summed E-state index contributed by atoms with van der Waals surface area (Å²) >= 11 is 6.17. The SMILES string of the molecule is O=c1c(Cl)c(NC2CCCCCC2)cnn1-c1ccc(C(F)(F)F)cn1. The zero-order valence-corrected chi connectivity index (χ0v) is 14.6. The van der Waals surface area contributed by atoms with Crippen LogP contribution in [0.5, 0.6) is 0 Å². The highest BCUT2D eigenvalue weighted by Gasteiger charge is 2.30. The topological polar surface area (TPSA) is 59.8 Å². The molecule has 0 amide bonds. The number of alkyl halides is 3. The number of anilines is 1. The Hall–Kier alpha value is -2.09. The molecule has 1 N–H and O–H groups in total. The lowest BCUT2D eigenvalue weighted by atomic mass is 10.1. The molecule has 1 saturated carbocycles. The van der Waals surface area contributed by atoms with Crippen LogP contribution < -0.4 is 10.9 Å². The molecule has 0 unspecified atom stereocenters. The van der Waals surface area contributed by atoms with E-state index in [2.05, 4.69) is 15.4 Å². The number of aromatic nitrogens is 3. The van der Waals surface area contributed by atoms with Crippen molar-refractivity contribution in [1.82, 2.24) is 14.8 Å². The molecule has 3 rings (SSSR count). The summed E-state index contributed by atoms with van der Waals surface area (Å²) in [5.41, 5.74) is -1.09. The van der Waals surface area contributed by atoms with Crippen molar-refractivity contribution in [3.05, 3.63) is 45.5 Å². The van der Waals surface area contributed by atoms with Gasteiger partial charge < -0.3 is 5.32 Å². The molecule has 0 bridgehead atoms. The van der Waals surface area contributed by atoms with Gasteiger partial charge in [-0.05, 0) is 25.0 Å². The first-order valence-corrected chi connectivity index (χ1v) is 8.82. The molecule has 2 heterocycles. The average molecular weight is 387 g/mol. The van der Waals surface area contributed by atoms with Crippen molar-refractivity contribution in [3.8, 4) is 5.82 Å². The van der Waals surface area contributed by atoms with Gasteiger partial charge in [0.25, 0.3) is 5.56 Å². The number of hydrogen-bond donors (Lipinski definition) is 1. The lowest BCUT2D eigenvalue weighted by molar-refractivity contribution is -0.137. The summed E-state index contributed by atoms with van der Waals surface area (Å²) in [7, 11) is 0. The Bertz CT molecular complexity index is 812. The fraction of sp³-hybridized carbons (Fsp3) is 0.471. The van der Waals surface area contributed by atoms with E-state index in [9.17, 15) is 18.0 Å². The summed E-state index contributed by atoms with van der Waals surface area (Å²) < 4.78 is 38.7. The Kier molecular flexibility index (Phi) is 5.50. The van der Waals surface area contributed by atoms with Gasteiger partial charge in [-0.3, -0.25) is 4.79 Å². The van der Waals surface area contributed by atoms with Crippen molar-refractivity contribution in [2.45, 2.75) is 50.7 Å². The van der Waals surface area contributed by atoms with Gasteiger partial charge in [0.15, 0.2) is 5.82 Å². The second kappa shape index (κ2) is 7.65. The highest BCUT2D eigenvalue weighted by molar-refractivity contribution is 6.32. The largest absolute Gasteiger partial charge is 0.417 e. The molecule has 140 valence electrons. The Labute approximate surface area is 153 Å². The third-order valence-corrected chi connectivity index (χ3v) is 4.79. The van der Waals surface area contributed by atoms with Gasteiger partial charge in [-0.1, -0.05) is 37.3 Å². The number of rotatable bonds is 3. The van der Waals surface area contributed by atoms with Gasteiger partial charge in [-0.15, -0.1) is 0 Å². The van der Waals surface area contributed by atoms with Crippen LogP contribution >= 0.6 is 11.6 Å². The van der Waals surface area contributed by atoms with Crippen molar-refractivity contribution in [2.24, 2.45) is 0 Å².